The van der Waals surface area contributed by atoms with Crippen molar-refractivity contribution in [3.8, 4) is 6.07 Å². The lowest BCUT2D eigenvalue weighted by Gasteiger charge is -2.69. The third kappa shape index (κ3) is 2.42. The molecule has 6 rings (SSSR count). The van der Waals surface area contributed by atoms with Crippen LogP contribution in [0.5, 0.6) is 0 Å². The van der Waals surface area contributed by atoms with Gasteiger partial charge in [-0.2, -0.15) is 15.5 Å². The van der Waals surface area contributed by atoms with Gasteiger partial charge in [0, 0.05) is 25.4 Å². The molecule has 0 radical (unpaired) electrons. The summed E-state index contributed by atoms with van der Waals surface area (Å²) in [5.41, 5.74) is 2.75. The molecule has 6 nitrogen and oxygen atoms in total. The number of nitriles is 1. The standard InChI is InChI=1S/C21H21N5O/c1-15-9-24-25(10-15)14-20-11-21(12-20,13-20)19(27)26-18(5-6-23-26)17-4-2-3-16(7-17)8-22/h2-4,6-7,9-10,18H,5,11-14H2,1H3. The minimum Gasteiger partial charge on any atom is -0.272 e. The van der Waals surface area contributed by atoms with E-state index in [1.54, 1.807) is 11.1 Å². The highest BCUT2D eigenvalue weighted by atomic mass is 16.2. The number of benzene rings is 1. The summed E-state index contributed by atoms with van der Waals surface area (Å²) in [7, 11) is 0. The number of nitrogens with zero attached hydrogens (tertiary/aromatic N) is 5. The Hall–Kier alpha value is -2.94. The average Bonchev–Trinajstić information content (AvgIpc) is 3.25. The number of hydrogen-bond acceptors (Lipinski definition) is 4. The van der Waals surface area contributed by atoms with Crippen LogP contribution in [0.15, 0.2) is 41.8 Å². The largest absolute Gasteiger partial charge is 0.272 e. The maximum Gasteiger partial charge on any atom is 0.249 e. The average molecular weight is 359 g/mol. The molecule has 1 aliphatic heterocycles. The smallest absolute Gasteiger partial charge is 0.249 e. The molecule has 0 N–H and O–H groups in total. The predicted molar refractivity (Wildman–Crippen MR) is 99.5 cm³/mol. The van der Waals surface area contributed by atoms with Crippen LogP contribution >= 0.6 is 0 Å². The normalized spacial score (nSPS) is 30.5. The number of hydrazone groups is 1. The van der Waals surface area contributed by atoms with Crippen LogP contribution in [-0.2, 0) is 11.3 Å². The molecule has 1 aromatic heterocycles. The summed E-state index contributed by atoms with van der Waals surface area (Å²) >= 11 is 0. The zero-order chi connectivity index (χ0) is 18.6. The Morgan fingerprint density at radius 1 is 1.37 bits per heavy atom. The Bertz CT molecular complexity index is 978. The van der Waals surface area contributed by atoms with Gasteiger partial charge in [0.05, 0.1) is 29.3 Å². The first kappa shape index (κ1) is 16.2. The second kappa shape index (κ2) is 5.53. The maximum atomic E-state index is 13.2. The summed E-state index contributed by atoms with van der Waals surface area (Å²) in [4.78, 5) is 13.2. The van der Waals surface area contributed by atoms with Crippen LogP contribution in [0.3, 0.4) is 0 Å². The van der Waals surface area contributed by atoms with Crippen LogP contribution in [0.2, 0.25) is 0 Å². The number of aryl methyl sites for hydroxylation is 1. The number of rotatable bonds is 4. The molecular weight excluding hydrogens is 338 g/mol. The van der Waals surface area contributed by atoms with Crippen LogP contribution in [0, 0.1) is 29.1 Å². The van der Waals surface area contributed by atoms with Gasteiger partial charge in [0.2, 0.25) is 5.91 Å². The number of amides is 1. The zero-order valence-electron chi connectivity index (χ0n) is 15.3. The Balaban J connectivity index is 1.29. The van der Waals surface area contributed by atoms with Crippen molar-refractivity contribution >= 4 is 12.1 Å². The van der Waals surface area contributed by atoms with Gasteiger partial charge in [-0.15, -0.1) is 0 Å². The summed E-state index contributed by atoms with van der Waals surface area (Å²) in [5.74, 6) is 0.141. The molecule has 3 fully saturated rings. The lowest BCUT2D eigenvalue weighted by molar-refractivity contribution is -0.223. The van der Waals surface area contributed by atoms with E-state index in [9.17, 15) is 4.79 Å². The van der Waals surface area contributed by atoms with E-state index < -0.39 is 0 Å². The molecule has 1 aromatic carbocycles. The number of hydrogen-bond donors (Lipinski definition) is 0. The molecule has 27 heavy (non-hydrogen) atoms. The lowest BCUT2D eigenvalue weighted by Crippen LogP contribution is -2.68. The first-order valence-electron chi connectivity index (χ1n) is 9.38. The van der Waals surface area contributed by atoms with E-state index in [0.717, 1.165) is 31.4 Å². The monoisotopic (exact) mass is 359 g/mol. The first-order valence-corrected chi connectivity index (χ1v) is 9.38. The summed E-state index contributed by atoms with van der Waals surface area (Å²) in [6.07, 6.45) is 9.24. The molecule has 2 bridgehead atoms. The fourth-order valence-electron chi connectivity index (χ4n) is 5.23. The number of aromatic nitrogens is 2. The van der Waals surface area contributed by atoms with Crippen LogP contribution in [0.4, 0.5) is 0 Å². The van der Waals surface area contributed by atoms with Gasteiger partial charge in [0.15, 0.2) is 0 Å². The quantitative estimate of drug-likeness (QED) is 0.841. The molecule has 0 spiro atoms. The Kier molecular flexibility index (Phi) is 3.33. The van der Waals surface area contributed by atoms with E-state index in [0.29, 0.717) is 12.0 Å². The van der Waals surface area contributed by atoms with Crippen molar-refractivity contribution < 1.29 is 4.79 Å². The van der Waals surface area contributed by atoms with Gasteiger partial charge in [-0.25, -0.2) is 5.01 Å². The van der Waals surface area contributed by atoms with Crippen molar-refractivity contribution in [2.45, 2.75) is 45.2 Å². The molecule has 1 unspecified atom stereocenters. The minimum absolute atomic E-state index is 0.0930. The van der Waals surface area contributed by atoms with Gasteiger partial charge in [0.1, 0.15) is 0 Å². The van der Waals surface area contributed by atoms with Gasteiger partial charge in [-0.1, -0.05) is 12.1 Å². The van der Waals surface area contributed by atoms with Gasteiger partial charge < -0.3 is 0 Å². The molecule has 0 saturated heterocycles. The predicted octanol–water partition coefficient (Wildman–Crippen LogP) is 3.19. The minimum atomic E-state index is -0.241. The second-order valence-electron chi connectivity index (χ2n) is 8.46. The van der Waals surface area contributed by atoms with Crippen molar-refractivity contribution in [1.29, 1.82) is 5.26 Å². The maximum absolute atomic E-state index is 13.2. The summed E-state index contributed by atoms with van der Waals surface area (Å²) < 4.78 is 2.01. The molecular formula is C21H21N5O. The van der Waals surface area contributed by atoms with E-state index in [1.165, 1.54) is 5.56 Å². The number of carbonyl (C=O) groups is 1. The van der Waals surface area contributed by atoms with Crippen LogP contribution in [-0.4, -0.2) is 26.9 Å². The highest BCUT2D eigenvalue weighted by Crippen LogP contribution is 2.74. The summed E-state index contributed by atoms with van der Waals surface area (Å²) in [5, 5.41) is 19.6. The highest BCUT2D eigenvalue weighted by Gasteiger charge is 2.72. The van der Waals surface area contributed by atoms with Crippen LogP contribution in [0.1, 0.15) is 48.4 Å². The van der Waals surface area contributed by atoms with Gasteiger partial charge in [0.25, 0.3) is 0 Å². The van der Waals surface area contributed by atoms with Crippen molar-refractivity contribution in [3.05, 3.63) is 53.3 Å². The van der Waals surface area contributed by atoms with Crippen molar-refractivity contribution in [1.82, 2.24) is 14.8 Å². The lowest BCUT2D eigenvalue weighted by atomic mass is 9.34. The van der Waals surface area contributed by atoms with E-state index in [4.69, 9.17) is 5.26 Å². The Morgan fingerprint density at radius 2 is 2.19 bits per heavy atom. The molecule has 6 heteroatoms. The van der Waals surface area contributed by atoms with Gasteiger partial charge >= 0.3 is 0 Å². The van der Waals surface area contributed by atoms with E-state index >= 15 is 0 Å². The van der Waals surface area contributed by atoms with Crippen molar-refractivity contribution in [2.75, 3.05) is 0 Å². The van der Waals surface area contributed by atoms with E-state index in [-0.39, 0.29) is 22.8 Å². The summed E-state index contributed by atoms with van der Waals surface area (Å²) in [6.45, 7) is 2.94. The Morgan fingerprint density at radius 3 is 2.89 bits per heavy atom. The summed E-state index contributed by atoms with van der Waals surface area (Å²) in [6, 6.07) is 9.58. The van der Waals surface area contributed by atoms with Crippen molar-refractivity contribution in [3.63, 3.8) is 0 Å². The zero-order valence-corrected chi connectivity index (χ0v) is 15.3. The second-order valence-corrected chi connectivity index (χ2v) is 8.46. The van der Waals surface area contributed by atoms with Crippen LogP contribution < -0.4 is 0 Å². The van der Waals surface area contributed by atoms with E-state index in [2.05, 4.69) is 22.5 Å². The molecule has 1 amide bonds. The third-order valence-corrected chi connectivity index (χ3v) is 6.29. The third-order valence-electron chi connectivity index (χ3n) is 6.29. The highest BCUT2D eigenvalue weighted by molar-refractivity contribution is 5.88. The molecule has 4 aliphatic rings. The molecule has 136 valence electrons. The first-order chi connectivity index (χ1) is 13.0. The fourth-order valence-corrected chi connectivity index (χ4v) is 5.23. The number of carbonyl (C=O) groups excluding carboxylic acids is 1. The van der Waals surface area contributed by atoms with Gasteiger partial charge in [-0.3, -0.25) is 9.48 Å². The van der Waals surface area contributed by atoms with Crippen LogP contribution in [0.25, 0.3) is 0 Å². The van der Waals surface area contributed by atoms with Gasteiger partial charge in [-0.05, 0) is 54.9 Å². The molecule has 3 saturated carbocycles. The molecule has 2 aromatic rings. The molecule has 3 aliphatic carbocycles. The molecule has 1 atom stereocenters. The Labute approximate surface area is 158 Å². The SMILES string of the molecule is Cc1cnn(CC23CC(C(=O)N4N=CCC4c4cccc(C#N)c4)(C2)C3)c1. The molecule has 2 heterocycles. The van der Waals surface area contributed by atoms with Crippen molar-refractivity contribution in [2.24, 2.45) is 15.9 Å². The fraction of sp³-hybridized carbons (Fsp3) is 0.429. The van der Waals surface area contributed by atoms with E-state index in [1.807, 2.05) is 42.2 Å². The topological polar surface area (TPSA) is 74.3 Å².